The first-order chi connectivity index (χ1) is 50.4. The highest BCUT2D eigenvalue weighted by atomic mass is 16.7. The van der Waals surface area contributed by atoms with Crippen LogP contribution in [0.4, 0.5) is 0 Å². The van der Waals surface area contributed by atoms with E-state index < -0.39 is 0 Å². The van der Waals surface area contributed by atoms with Crippen LogP contribution >= 0.6 is 0 Å². The number of hydrogen-bond acceptors (Lipinski definition) is 15. The zero-order chi connectivity index (χ0) is 77.0. The van der Waals surface area contributed by atoms with Crippen LogP contribution in [0.15, 0.2) is 91.0 Å². The number of rotatable bonds is 38. The lowest BCUT2D eigenvalue weighted by Gasteiger charge is -2.56. The molecule has 5 aromatic carbocycles. The van der Waals surface area contributed by atoms with Gasteiger partial charge in [-0.1, -0.05) is 138 Å². The molecule has 0 heterocycles. The second-order valence-corrected chi connectivity index (χ2v) is 29.7. The van der Waals surface area contributed by atoms with Gasteiger partial charge in [-0.3, -0.25) is 0 Å². The summed E-state index contributed by atoms with van der Waals surface area (Å²) in [6.45, 7) is 44.9. The van der Waals surface area contributed by atoms with Gasteiger partial charge in [0.1, 0.15) is 5.75 Å². The molecule has 5 aliphatic rings. The summed E-state index contributed by atoms with van der Waals surface area (Å²) in [7, 11) is 3.37. The first-order valence-electron chi connectivity index (χ1n) is 40.5. The lowest BCUT2D eigenvalue weighted by molar-refractivity contribution is -0.190. The van der Waals surface area contributed by atoms with Crippen LogP contribution in [-0.4, -0.2) is 96.2 Å². The molecule has 0 aromatic heterocycles. The van der Waals surface area contributed by atoms with E-state index in [1.54, 1.807) is 26.4 Å². The van der Waals surface area contributed by atoms with Gasteiger partial charge in [0.15, 0.2) is 84.2 Å². The quantitative estimate of drug-likeness (QED) is 0.0373. The van der Waals surface area contributed by atoms with E-state index in [0.29, 0.717) is 80.1 Å². The maximum atomic E-state index is 9.87. The topological polar surface area (TPSA) is 149 Å². The summed E-state index contributed by atoms with van der Waals surface area (Å²) >= 11 is 0. The summed E-state index contributed by atoms with van der Waals surface area (Å²) in [6.07, 6.45) is 20.3. The maximum absolute atomic E-state index is 9.87. The molecule has 5 saturated carbocycles. The third kappa shape index (κ3) is 30.2. The van der Waals surface area contributed by atoms with E-state index in [1.807, 2.05) is 98.7 Å². The fourth-order valence-corrected chi connectivity index (χ4v) is 14.8. The molecule has 0 aliphatic heterocycles. The van der Waals surface area contributed by atoms with E-state index in [1.165, 1.54) is 111 Å². The molecule has 5 aliphatic carbocycles. The van der Waals surface area contributed by atoms with Crippen LogP contribution in [0, 0.1) is 30.6 Å². The molecular weight excluding hydrogens is 1320 g/mol. The number of ether oxygens (including phenoxy) is 14. The van der Waals surface area contributed by atoms with Crippen molar-refractivity contribution < 1.29 is 71.4 Å². The van der Waals surface area contributed by atoms with Crippen molar-refractivity contribution in [1.29, 1.82) is 0 Å². The second kappa shape index (κ2) is 47.8. The molecule has 10 atom stereocenters. The van der Waals surface area contributed by atoms with E-state index in [9.17, 15) is 5.11 Å². The molecule has 0 saturated heterocycles. The monoisotopic (exact) mass is 1460 g/mol. The van der Waals surface area contributed by atoms with E-state index >= 15 is 0 Å². The third-order valence-corrected chi connectivity index (χ3v) is 21.7. The number of hydrogen-bond donors (Lipinski definition) is 1. The van der Waals surface area contributed by atoms with Crippen molar-refractivity contribution in [2.45, 2.75) is 314 Å². The van der Waals surface area contributed by atoms with Gasteiger partial charge in [-0.15, -0.1) is 0 Å². The Balaban J connectivity index is 0.000000238. The molecule has 4 bridgehead atoms. The summed E-state index contributed by atoms with van der Waals surface area (Å²) in [5.41, 5.74) is 7.62. The largest absolute Gasteiger partial charge is 0.504 e. The van der Waals surface area contributed by atoms with Crippen molar-refractivity contribution in [3.05, 3.63) is 124 Å². The van der Waals surface area contributed by atoms with Crippen LogP contribution in [0.3, 0.4) is 0 Å². The van der Waals surface area contributed by atoms with Crippen LogP contribution in [0.1, 0.15) is 304 Å². The van der Waals surface area contributed by atoms with Gasteiger partial charge in [0.2, 0.25) is 0 Å². The Labute approximate surface area is 636 Å². The summed E-state index contributed by atoms with van der Waals surface area (Å²) in [5.74, 6) is 12.2. The van der Waals surface area contributed by atoms with Crippen molar-refractivity contribution in [2.24, 2.45) is 23.7 Å². The Morgan fingerprint density at radius 1 is 0.381 bits per heavy atom. The van der Waals surface area contributed by atoms with E-state index in [-0.39, 0.29) is 42.8 Å². The predicted octanol–water partition coefficient (Wildman–Crippen LogP) is 24.1. The Bertz CT molecular complexity index is 3140. The second-order valence-electron chi connectivity index (χ2n) is 29.7. The zero-order valence-corrected chi connectivity index (χ0v) is 69.2. The summed E-state index contributed by atoms with van der Waals surface area (Å²) < 4.78 is 79.6. The highest BCUT2D eigenvalue weighted by Gasteiger charge is 2.52. The van der Waals surface area contributed by atoms with Crippen molar-refractivity contribution in [3.8, 4) is 51.7 Å². The molecule has 1 N–H and O–H groups in total. The number of methoxy groups -OCH3 is 2. The predicted molar refractivity (Wildman–Crippen MR) is 427 cm³/mol. The number of aryl methyl sites for hydroxylation is 1. The van der Waals surface area contributed by atoms with Crippen molar-refractivity contribution >= 4 is 0 Å². The van der Waals surface area contributed by atoms with Crippen LogP contribution < -0.4 is 37.9 Å². The first kappa shape index (κ1) is 89.7. The van der Waals surface area contributed by atoms with Crippen molar-refractivity contribution in [2.75, 3.05) is 54.0 Å². The van der Waals surface area contributed by atoms with Gasteiger partial charge in [-0.05, 0) is 288 Å². The summed E-state index contributed by atoms with van der Waals surface area (Å²) in [5, 5.41) is 9.87. The SMILES string of the molecule is CCC(C)c1ccc(OC(C)OCCC2CCCCC2)c(C)c1.CCC(C)c1ccc(OCOC23CC4CC(CC(C4)C2)C3)c(OC)c1.CCOC(C)Oc1ccc(C(C)CC)cc1O.CCOC(C)Oc1ccc(C(C)CC)cc1OC.CCOC(C)Oc1ccc(C(C)CC)cc1OC(C)OCC. The molecule has 0 amide bonds. The lowest BCUT2D eigenvalue weighted by atomic mass is 9.54. The zero-order valence-electron chi connectivity index (χ0n) is 69.2. The number of benzene rings is 5. The minimum atomic E-state index is -0.347. The highest BCUT2D eigenvalue weighted by Crippen LogP contribution is 2.57. The van der Waals surface area contributed by atoms with Gasteiger partial charge in [0.05, 0.1) is 26.4 Å². The summed E-state index contributed by atoms with van der Waals surface area (Å²) in [4.78, 5) is 0. The third-order valence-electron chi connectivity index (χ3n) is 21.7. The lowest BCUT2D eigenvalue weighted by Crippen LogP contribution is -2.52. The molecule has 0 spiro atoms. The van der Waals surface area contributed by atoms with E-state index in [0.717, 1.165) is 90.3 Å². The Hall–Kier alpha value is -5.94. The van der Waals surface area contributed by atoms with E-state index in [2.05, 4.69) is 119 Å². The average molecular weight is 1460 g/mol. The Morgan fingerprint density at radius 3 is 1.11 bits per heavy atom. The highest BCUT2D eigenvalue weighted by molar-refractivity contribution is 5.47. The van der Waals surface area contributed by atoms with Gasteiger partial charge in [-0.2, -0.15) is 0 Å². The molecule has 10 rings (SSSR count). The number of phenolic OH excluding ortho intramolecular Hbond substituents is 1. The van der Waals surface area contributed by atoms with Gasteiger partial charge >= 0.3 is 0 Å². The molecule has 15 heteroatoms. The Morgan fingerprint density at radius 2 is 0.714 bits per heavy atom. The normalized spacial score (nSPS) is 20.1. The number of phenols is 1. The first-order valence-corrected chi connectivity index (χ1v) is 40.5. The molecule has 592 valence electrons. The standard InChI is InChI=1S/C22H32O3.C21H34O2.C18H30O4.C15H24O3.C14H22O3/c1-4-15(2)19-5-6-20(21(10-19)23-3)24-14-25-22-11-16-7-17(12-22)9-18(8-16)13-22;1-5-16(2)20-11-12-21(17(3)15-20)23-18(4)22-14-13-19-9-7-6-8-10-19;1-7-13(4)16-10-11-17(21-14(5)19-8-2)18(12-16)22-15(6)20-9-3;1-6-11(3)13-8-9-14(15(10-13)16-5)18-12(4)17-7-2;1-5-10(3)12-7-8-14(13(15)9-12)17-11(4)16-6-2/h5-6,10,15-18H,4,7-9,11-14H2,1-3H3;11-12,15-16,18-19H,5-10,13-14H2,1-4H3;10-15H,7-9H2,1-6H3;8-12H,6-7H2,1-5H3;7-11,15H,5-6H2,1-4H3. The number of aromatic hydroxyl groups is 1. The molecule has 5 fully saturated rings. The Kier molecular flexibility index (Phi) is 40.8. The molecule has 0 radical (unpaired) electrons. The fraction of sp³-hybridized carbons (Fsp3) is 0.667. The van der Waals surface area contributed by atoms with Gasteiger partial charge in [0.25, 0.3) is 0 Å². The van der Waals surface area contributed by atoms with Crippen LogP contribution in [0.5, 0.6) is 51.7 Å². The minimum Gasteiger partial charge on any atom is -0.504 e. The van der Waals surface area contributed by atoms with Crippen molar-refractivity contribution in [1.82, 2.24) is 0 Å². The van der Waals surface area contributed by atoms with Gasteiger partial charge in [-0.25, -0.2) is 0 Å². The smallest absolute Gasteiger partial charge is 0.197 e. The average Bonchev–Trinajstić information content (AvgIpc) is 0.752. The van der Waals surface area contributed by atoms with Gasteiger partial charge < -0.3 is 71.4 Å². The van der Waals surface area contributed by atoms with Crippen LogP contribution in [0.2, 0.25) is 0 Å². The van der Waals surface area contributed by atoms with Crippen molar-refractivity contribution in [3.63, 3.8) is 0 Å². The molecular formula is C90H142O15. The molecule has 10 unspecified atom stereocenters. The molecule has 105 heavy (non-hydrogen) atoms. The van der Waals surface area contributed by atoms with Crippen LogP contribution in [0.25, 0.3) is 0 Å². The molecule has 15 nitrogen and oxygen atoms in total. The molecule has 5 aromatic rings. The fourth-order valence-electron chi connectivity index (χ4n) is 14.8. The van der Waals surface area contributed by atoms with Gasteiger partial charge in [0, 0.05) is 26.4 Å². The maximum Gasteiger partial charge on any atom is 0.197 e. The minimum absolute atomic E-state index is 0.0959. The van der Waals surface area contributed by atoms with E-state index in [4.69, 9.17) is 66.3 Å². The summed E-state index contributed by atoms with van der Waals surface area (Å²) in [6, 6.07) is 30.5. The van der Waals surface area contributed by atoms with Crippen LogP contribution in [-0.2, 0) is 28.4 Å².